The molecule has 1 aromatic carbocycles. The Kier molecular flexibility index (Phi) is 5.99. The summed E-state index contributed by atoms with van der Waals surface area (Å²) in [5, 5.41) is 10.0. The lowest BCUT2D eigenvalue weighted by Crippen LogP contribution is -2.13. The monoisotopic (exact) mass is 359 g/mol. The van der Waals surface area contributed by atoms with Crippen molar-refractivity contribution in [1.29, 1.82) is 0 Å². The summed E-state index contributed by atoms with van der Waals surface area (Å²) >= 11 is 2.14. The van der Waals surface area contributed by atoms with Gasteiger partial charge in [-0.2, -0.15) is 0 Å². The summed E-state index contributed by atoms with van der Waals surface area (Å²) in [6, 6.07) is 2.64. The second-order valence-electron chi connectivity index (χ2n) is 4.05. The summed E-state index contributed by atoms with van der Waals surface area (Å²) in [4.78, 5) is 23.1. The fourth-order valence-corrected chi connectivity index (χ4v) is 3.02. The number of hydrogen-bond acceptors (Lipinski definition) is 7. The zero-order valence-electron chi connectivity index (χ0n) is 11.8. The maximum Gasteiger partial charge on any atom is 0.316 e. The van der Waals surface area contributed by atoms with Gasteiger partial charge in [-0.05, 0) is 19.1 Å². The van der Waals surface area contributed by atoms with Gasteiger partial charge in [-0.1, -0.05) is 23.1 Å². The Hall–Kier alpha value is -2.07. The zero-order chi connectivity index (χ0) is 16.8. The van der Waals surface area contributed by atoms with E-state index in [1.54, 1.807) is 6.92 Å². The Morgan fingerprint density at radius 1 is 1.35 bits per heavy atom. The topological polar surface area (TPSA) is 81.2 Å². The molecule has 0 aliphatic heterocycles. The van der Waals surface area contributed by atoms with E-state index in [0.717, 1.165) is 35.2 Å². The first kappa shape index (κ1) is 17.3. The van der Waals surface area contributed by atoms with Gasteiger partial charge in [0.2, 0.25) is 5.13 Å². The van der Waals surface area contributed by atoms with E-state index < -0.39 is 17.5 Å². The standard InChI is InChI=1S/C13H11F2N3O3S2/c1-2-21-10(19)6-22-13-18-17-12(23-13)16-11(20)8-4-3-7(14)5-9(8)15/h3-5H,2,6H2,1H3,(H,16,17,20). The molecule has 1 amide bonds. The molecule has 0 radical (unpaired) electrons. The number of carbonyl (C=O) groups excluding carboxylic acids is 2. The van der Waals surface area contributed by atoms with E-state index in [1.165, 1.54) is 0 Å². The molecule has 0 aliphatic rings. The number of nitrogens with one attached hydrogen (secondary N) is 1. The number of esters is 1. The molecule has 1 heterocycles. The third-order valence-corrected chi connectivity index (χ3v) is 4.37. The van der Waals surface area contributed by atoms with Crippen molar-refractivity contribution in [1.82, 2.24) is 10.2 Å². The molecule has 0 aliphatic carbocycles. The van der Waals surface area contributed by atoms with Crippen molar-refractivity contribution in [2.75, 3.05) is 17.7 Å². The normalized spacial score (nSPS) is 10.4. The van der Waals surface area contributed by atoms with Crippen LogP contribution in [0.15, 0.2) is 22.5 Å². The lowest BCUT2D eigenvalue weighted by atomic mass is 10.2. The summed E-state index contributed by atoms with van der Waals surface area (Å²) in [6.45, 7) is 2.00. The number of carbonyl (C=O) groups is 2. The predicted octanol–water partition coefficient (Wildman–Crippen LogP) is 2.72. The Morgan fingerprint density at radius 3 is 2.83 bits per heavy atom. The fourth-order valence-electron chi connectivity index (χ4n) is 1.48. The Labute approximate surface area is 138 Å². The second kappa shape index (κ2) is 7.97. The molecular formula is C13H11F2N3O3S2. The number of anilines is 1. The Morgan fingerprint density at radius 2 is 2.13 bits per heavy atom. The number of benzene rings is 1. The maximum atomic E-state index is 13.5. The van der Waals surface area contributed by atoms with E-state index in [1.807, 2.05) is 0 Å². The third-order valence-electron chi connectivity index (χ3n) is 2.42. The van der Waals surface area contributed by atoms with Crippen molar-refractivity contribution in [3.8, 4) is 0 Å². The average molecular weight is 359 g/mol. The van der Waals surface area contributed by atoms with Crippen LogP contribution >= 0.6 is 23.1 Å². The maximum absolute atomic E-state index is 13.5. The van der Waals surface area contributed by atoms with Crippen LogP contribution in [0.1, 0.15) is 17.3 Å². The number of halogens is 2. The smallest absolute Gasteiger partial charge is 0.316 e. The molecule has 0 saturated carbocycles. The van der Waals surface area contributed by atoms with Crippen molar-refractivity contribution >= 4 is 40.1 Å². The molecule has 10 heteroatoms. The third kappa shape index (κ3) is 4.96. The van der Waals surface area contributed by atoms with Crippen LogP contribution in [0.3, 0.4) is 0 Å². The van der Waals surface area contributed by atoms with Crippen molar-refractivity contribution in [2.45, 2.75) is 11.3 Å². The van der Waals surface area contributed by atoms with Crippen LogP contribution < -0.4 is 5.32 Å². The SMILES string of the molecule is CCOC(=O)CSc1nnc(NC(=O)c2ccc(F)cc2F)s1. The van der Waals surface area contributed by atoms with Gasteiger partial charge in [-0.25, -0.2) is 8.78 Å². The lowest BCUT2D eigenvalue weighted by molar-refractivity contribution is -0.139. The van der Waals surface area contributed by atoms with E-state index in [0.29, 0.717) is 17.0 Å². The van der Waals surface area contributed by atoms with E-state index in [4.69, 9.17) is 4.74 Å². The number of aromatic nitrogens is 2. The largest absolute Gasteiger partial charge is 0.465 e. The number of rotatable bonds is 6. The van der Waals surface area contributed by atoms with Gasteiger partial charge in [-0.3, -0.25) is 14.9 Å². The van der Waals surface area contributed by atoms with Crippen LogP contribution in [-0.4, -0.2) is 34.4 Å². The van der Waals surface area contributed by atoms with Crippen molar-refractivity contribution in [3.63, 3.8) is 0 Å². The van der Waals surface area contributed by atoms with Crippen LogP contribution in [-0.2, 0) is 9.53 Å². The van der Waals surface area contributed by atoms with Crippen LogP contribution in [0.2, 0.25) is 0 Å². The first-order valence-corrected chi connectivity index (χ1v) is 8.18. The minimum Gasteiger partial charge on any atom is -0.465 e. The second-order valence-corrected chi connectivity index (χ2v) is 6.25. The molecule has 23 heavy (non-hydrogen) atoms. The molecule has 6 nitrogen and oxygen atoms in total. The molecule has 2 rings (SSSR count). The highest BCUT2D eigenvalue weighted by molar-refractivity contribution is 8.01. The van der Waals surface area contributed by atoms with E-state index in [9.17, 15) is 18.4 Å². The van der Waals surface area contributed by atoms with Gasteiger partial charge in [0.05, 0.1) is 17.9 Å². The molecule has 0 atom stereocenters. The number of ether oxygens (including phenoxy) is 1. The first-order valence-electron chi connectivity index (χ1n) is 6.38. The molecule has 0 bridgehead atoms. The van der Waals surface area contributed by atoms with Crippen LogP contribution in [0.25, 0.3) is 0 Å². The Bertz CT molecular complexity index is 724. The number of amides is 1. The molecule has 1 N–H and O–H groups in total. The van der Waals surface area contributed by atoms with Gasteiger partial charge in [0.15, 0.2) is 4.34 Å². The molecule has 0 saturated heterocycles. The highest BCUT2D eigenvalue weighted by atomic mass is 32.2. The summed E-state index contributed by atoms with van der Waals surface area (Å²) in [5.41, 5.74) is -0.303. The molecule has 122 valence electrons. The van der Waals surface area contributed by atoms with Gasteiger partial charge in [-0.15, -0.1) is 10.2 Å². The summed E-state index contributed by atoms with van der Waals surface area (Å²) in [5.74, 6) is -2.81. The van der Waals surface area contributed by atoms with Gasteiger partial charge in [0.1, 0.15) is 11.6 Å². The zero-order valence-corrected chi connectivity index (χ0v) is 13.5. The van der Waals surface area contributed by atoms with Crippen LogP contribution in [0.5, 0.6) is 0 Å². The molecule has 2 aromatic rings. The van der Waals surface area contributed by atoms with E-state index in [2.05, 4.69) is 15.5 Å². The number of thioether (sulfide) groups is 1. The molecule has 1 aromatic heterocycles. The summed E-state index contributed by atoms with van der Waals surface area (Å²) in [7, 11) is 0. The quantitative estimate of drug-likeness (QED) is 0.485. The highest BCUT2D eigenvalue weighted by Crippen LogP contribution is 2.26. The Balaban J connectivity index is 1.96. The van der Waals surface area contributed by atoms with Gasteiger partial charge in [0.25, 0.3) is 5.91 Å². The van der Waals surface area contributed by atoms with Gasteiger partial charge < -0.3 is 4.74 Å². The van der Waals surface area contributed by atoms with Gasteiger partial charge in [0, 0.05) is 6.07 Å². The average Bonchev–Trinajstić information content (AvgIpc) is 2.93. The van der Waals surface area contributed by atoms with Crippen LogP contribution in [0.4, 0.5) is 13.9 Å². The van der Waals surface area contributed by atoms with E-state index in [-0.39, 0.29) is 22.4 Å². The van der Waals surface area contributed by atoms with Gasteiger partial charge >= 0.3 is 5.97 Å². The molecule has 0 fully saturated rings. The highest BCUT2D eigenvalue weighted by Gasteiger charge is 2.15. The van der Waals surface area contributed by atoms with Crippen molar-refractivity contribution in [2.24, 2.45) is 0 Å². The van der Waals surface area contributed by atoms with Crippen molar-refractivity contribution < 1.29 is 23.1 Å². The van der Waals surface area contributed by atoms with Crippen LogP contribution in [0, 0.1) is 11.6 Å². The minimum atomic E-state index is -0.969. The lowest BCUT2D eigenvalue weighted by Gasteiger charge is -2.02. The molecule has 0 unspecified atom stereocenters. The van der Waals surface area contributed by atoms with E-state index >= 15 is 0 Å². The summed E-state index contributed by atoms with van der Waals surface area (Å²) in [6.07, 6.45) is 0. The molecule has 0 spiro atoms. The summed E-state index contributed by atoms with van der Waals surface area (Å²) < 4.78 is 31.5. The molecular weight excluding hydrogens is 348 g/mol. The predicted molar refractivity (Wildman–Crippen MR) is 81.6 cm³/mol. The first-order chi connectivity index (χ1) is 11.0. The van der Waals surface area contributed by atoms with Crippen molar-refractivity contribution in [3.05, 3.63) is 35.4 Å². The minimum absolute atomic E-state index is 0.0724. The number of nitrogens with zero attached hydrogens (tertiary/aromatic N) is 2. The fraction of sp³-hybridized carbons (Fsp3) is 0.231. The number of hydrogen-bond donors (Lipinski definition) is 1.